The Hall–Kier alpha value is -3.33. The van der Waals surface area contributed by atoms with Crippen molar-refractivity contribution in [2.75, 3.05) is 24.5 Å². The Kier molecular flexibility index (Phi) is 5.59. The molecule has 2 aromatic heterocycles. The number of aryl methyl sites for hydroxylation is 1. The summed E-state index contributed by atoms with van der Waals surface area (Å²) < 4.78 is 17.7. The maximum Gasteiger partial charge on any atom is 0.328 e. The van der Waals surface area contributed by atoms with Gasteiger partial charge in [-0.25, -0.2) is 9.18 Å². The van der Waals surface area contributed by atoms with Gasteiger partial charge >= 0.3 is 6.03 Å². The van der Waals surface area contributed by atoms with E-state index in [-0.39, 0.29) is 36.0 Å². The van der Waals surface area contributed by atoms with Crippen molar-refractivity contribution in [3.05, 3.63) is 53.7 Å². The third-order valence-corrected chi connectivity index (χ3v) is 7.03. The molecule has 4 heterocycles. The second kappa shape index (κ2) is 8.47. The Balaban J connectivity index is 1.41. The van der Waals surface area contributed by atoms with E-state index in [0.717, 1.165) is 26.1 Å². The summed E-state index contributed by atoms with van der Waals surface area (Å²) in [5.41, 5.74) is 2.77. The highest BCUT2D eigenvalue weighted by Crippen LogP contribution is 2.44. The van der Waals surface area contributed by atoms with Crippen LogP contribution in [0.5, 0.6) is 0 Å². The highest BCUT2D eigenvalue weighted by molar-refractivity contribution is 6.06. The maximum atomic E-state index is 15.9. The summed E-state index contributed by atoms with van der Waals surface area (Å²) in [6.45, 7) is 7.20. The number of piperidine rings is 1. The SMILES string of the molecule is Cn1cc(CN2CCC(c3ccc4ncc(N5CCC(=O)NC5=O)cc4c3F)C(C)(C)C2)cn1. The number of nitrogens with one attached hydrogen (secondary N) is 1. The lowest BCUT2D eigenvalue weighted by molar-refractivity contribution is -0.120. The van der Waals surface area contributed by atoms with Crippen LogP contribution in [0.1, 0.15) is 43.7 Å². The van der Waals surface area contributed by atoms with Crippen LogP contribution >= 0.6 is 0 Å². The molecule has 1 atom stereocenters. The zero-order chi connectivity index (χ0) is 24.0. The lowest BCUT2D eigenvalue weighted by Crippen LogP contribution is -2.49. The van der Waals surface area contributed by atoms with Gasteiger partial charge in [-0.05, 0) is 42.0 Å². The van der Waals surface area contributed by atoms with Crippen molar-refractivity contribution in [3.8, 4) is 0 Å². The number of carbonyl (C=O) groups is 2. The van der Waals surface area contributed by atoms with E-state index < -0.39 is 6.03 Å². The number of carbonyl (C=O) groups excluding carboxylic acids is 2. The van der Waals surface area contributed by atoms with Crippen LogP contribution in [0.3, 0.4) is 0 Å². The van der Waals surface area contributed by atoms with Gasteiger partial charge in [-0.3, -0.25) is 29.6 Å². The molecule has 3 amide bonds. The predicted molar refractivity (Wildman–Crippen MR) is 127 cm³/mol. The molecule has 5 rings (SSSR count). The van der Waals surface area contributed by atoms with E-state index in [9.17, 15) is 9.59 Å². The number of benzene rings is 1. The third kappa shape index (κ3) is 4.16. The topological polar surface area (TPSA) is 83.4 Å². The molecule has 2 fully saturated rings. The number of hydrogen-bond donors (Lipinski definition) is 1. The number of hydrogen-bond acceptors (Lipinski definition) is 5. The normalized spacial score (nSPS) is 21.2. The summed E-state index contributed by atoms with van der Waals surface area (Å²) >= 11 is 0. The quantitative estimate of drug-likeness (QED) is 0.638. The first-order valence-corrected chi connectivity index (χ1v) is 11.6. The Morgan fingerprint density at radius 2 is 2.03 bits per heavy atom. The third-order valence-electron chi connectivity index (χ3n) is 7.03. The van der Waals surface area contributed by atoms with Crippen LogP contribution in [0.25, 0.3) is 10.9 Å². The number of halogens is 1. The van der Waals surface area contributed by atoms with Crippen molar-refractivity contribution >= 4 is 28.5 Å². The smallest absolute Gasteiger partial charge is 0.298 e. The van der Waals surface area contributed by atoms with Crippen molar-refractivity contribution in [3.63, 3.8) is 0 Å². The minimum atomic E-state index is -0.504. The lowest BCUT2D eigenvalue weighted by Gasteiger charge is -2.44. The largest absolute Gasteiger partial charge is 0.328 e. The van der Waals surface area contributed by atoms with Crippen LogP contribution in [0, 0.1) is 11.2 Å². The van der Waals surface area contributed by atoms with E-state index in [4.69, 9.17) is 0 Å². The number of rotatable bonds is 4. The van der Waals surface area contributed by atoms with Gasteiger partial charge in [-0.2, -0.15) is 5.10 Å². The average molecular weight is 465 g/mol. The van der Waals surface area contributed by atoms with Gasteiger partial charge in [-0.15, -0.1) is 0 Å². The Morgan fingerprint density at radius 1 is 1.21 bits per heavy atom. The van der Waals surface area contributed by atoms with Crippen LogP contribution in [0.2, 0.25) is 0 Å². The highest BCUT2D eigenvalue weighted by Gasteiger charge is 2.38. The first-order chi connectivity index (χ1) is 16.2. The number of anilines is 1. The van der Waals surface area contributed by atoms with E-state index in [2.05, 4.69) is 34.1 Å². The fourth-order valence-corrected chi connectivity index (χ4v) is 5.39. The van der Waals surface area contributed by atoms with E-state index in [1.54, 1.807) is 12.3 Å². The molecule has 1 N–H and O–H groups in total. The van der Waals surface area contributed by atoms with E-state index in [0.29, 0.717) is 22.2 Å². The molecule has 8 nitrogen and oxygen atoms in total. The molecule has 9 heteroatoms. The number of fused-ring (bicyclic) bond motifs is 1. The molecule has 2 saturated heterocycles. The molecule has 34 heavy (non-hydrogen) atoms. The molecule has 3 aromatic rings. The fourth-order valence-electron chi connectivity index (χ4n) is 5.39. The molecule has 0 bridgehead atoms. The van der Waals surface area contributed by atoms with Gasteiger partial charge in [-0.1, -0.05) is 19.9 Å². The molecule has 2 aliphatic heterocycles. The minimum absolute atomic E-state index is 0.0570. The molecule has 1 aromatic carbocycles. The number of nitrogens with zero attached hydrogens (tertiary/aromatic N) is 5. The van der Waals surface area contributed by atoms with Crippen molar-refractivity contribution in [1.82, 2.24) is 25.0 Å². The molecule has 0 spiro atoms. The predicted octanol–water partition coefficient (Wildman–Crippen LogP) is 3.57. The number of aromatic nitrogens is 3. The second-order valence-electron chi connectivity index (χ2n) is 10.0. The number of likely N-dealkylation sites (tertiary alicyclic amines) is 1. The average Bonchev–Trinajstić information content (AvgIpc) is 3.18. The van der Waals surface area contributed by atoms with Crippen molar-refractivity contribution in [1.29, 1.82) is 0 Å². The van der Waals surface area contributed by atoms with Gasteiger partial charge in [0.1, 0.15) is 5.82 Å². The highest BCUT2D eigenvalue weighted by atomic mass is 19.1. The minimum Gasteiger partial charge on any atom is -0.298 e. The van der Waals surface area contributed by atoms with Crippen LogP contribution < -0.4 is 10.2 Å². The van der Waals surface area contributed by atoms with Gasteiger partial charge in [0.2, 0.25) is 5.91 Å². The van der Waals surface area contributed by atoms with E-state index >= 15 is 4.39 Å². The van der Waals surface area contributed by atoms with Gasteiger partial charge in [0.05, 0.1) is 23.6 Å². The summed E-state index contributed by atoms with van der Waals surface area (Å²) in [5.74, 6) is -0.527. The number of urea groups is 1. The first-order valence-electron chi connectivity index (χ1n) is 11.6. The second-order valence-corrected chi connectivity index (χ2v) is 10.0. The molecule has 1 unspecified atom stereocenters. The van der Waals surface area contributed by atoms with E-state index in [1.165, 1.54) is 10.5 Å². The van der Waals surface area contributed by atoms with Gasteiger partial charge in [0, 0.05) is 50.2 Å². The summed E-state index contributed by atoms with van der Waals surface area (Å²) in [6.07, 6.45) is 6.53. The molecule has 178 valence electrons. The maximum absolute atomic E-state index is 15.9. The molecule has 2 aliphatic rings. The molecule has 0 radical (unpaired) electrons. The van der Waals surface area contributed by atoms with Crippen LogP contribution in [-0.2, 0) is 18.4 Å². The van der Waals surface area contributed by atoms with Crippen LogP contribution in [0.15, 0.2) is 36.8 Å². The zero-order valence-electron chi connectivity index (χ0n) is 19.7. The van der Waals surface area contributed by atoms with Gasteiger partial charge in [0.25, 0.3) is 0 Å². The lowest BCUT2D eigenvalue weighted by atomic mass is 9.70. The Labute approximate surface area is 197 Å². The molecule has 0 aliphatic carbocycles. The van der Waals surface area contributed by atoms with Gasteiger partial charge in [0.15, 0.2) is 0 Å². The van der Waals surface area contributed by atoms with E-state index in [1.807, 2.05) is 36.3 Å². The first kappa shape index (κ1) is 22.5. The zero-order valence-corrected chi connectivity index (χ0v) is 19.7. The molecule has 0 saturated carbocycles. The Bertz CT molecular complexity index is 1270. The van der Waals surface area contributed by atoms with Crippen LogP contribution in [-0.4, -0.2) is 51.2 Å². The molecular formula is C25H29FN6O2. The number of pyridine rings is 1. The summed E-state index contributed by atoms with van der Waals surface area (Å²) in [5, 5.41) is 6.96. The van der Waals surface area contributed by atoms with Crippen LogP contribution in [0.4, 0.5) is 14.9 Å². The van der Waals surface area contributed by atoms with Crippen molar-refractivity contribution in [2.45, 2.75) is 39.2 Å². The van der Waals surface area contributed by atoms with Crippen molar-refractivity contribution < 1.29 is 14.0 Å². The number of imide groups is 1. The molecular weight excluding hydrogens is 435 g/mol. The fraction of sp³-hybridized carbons (Fsp3) is 0.440. The Morgan fingerprint density at radius 3 is 2.74 bits per heavy atom. The van der Waals surface area contributed by atoms with Gasteiger partial charge < -0.3 is 0 Å². The summed E-state index contributed by atoms with van der Waals surface area (Å²) in [4.78, 5) is 32.0. The monoisotopic (exact) mass is 464 g/mol. The number of amides is 3. The van der Waals surface area contributed by atoms with Crippen molar-refractivity contribution in [2.24, 2.45) is 12.5 Å². The summed E-state index contributed by atoms with van der Waals surface area (Å²) in [6, 6.07) is 4.88. The summed E-state index contributed by atoms with van der Waals surface area (Å²) in [7, 11) is 1.92. The standard InChI is InChI=1S/C25H29FN6O2/c1-25(2)15-31(14-16-11-28-30(3)13-16)8-6-20(25)18-4-5-21-19(23(18)26)10-17(12-27-21)32-9-7-22(33)29-24(32)34/h4-5,10-13,20H,6-9,14-15H2,1-3H3,(H,29,33,34).